The standard InChI is InChI=1S/C24H36N2/c1-3-8-21(9-4-1)14-16-25-19-23-12-7-13-24(18-23)20-26-17-15-22-10-5-2-6-11-22/h7-8,10,12-13,18,25-26H,1-6,9,11,14-17,19-20H2. The highest BCUT2D eigenvalue weighted by Crippen LogP contribution is 2.20. The Morgan fingerprint density at radius 2 is 1.23 bits per heavy atom. The maximum atomic E-state index is 3.62. The van der Waals surface area contributed by atoms with E-state index in [4.69, 9.17) is 0 Å². The van der Waals surface area contributed by atoms with Crippen molar-refractivity contribution in [3.8, 4) is 0 Å². The molecule has 0 bridgehead atoms. The van der Waals surface area contributed by atoms with E-state index in [1.807, 2.05) is 0 Å². The number of allylic oxidation sites excluding steroid dienone is 2. The van der Waals surface area contributed by atoms with Gasteiger partial charge in [0.1, 0.15) is 0 Å². The van der Waals surface area contributed by atoms with Gasteiger partial charge >= 0.3 is 0 Å². The Kier molecular flexibility index (Phi) is 8.47. The molecule has 0 heterocycles. The van der Waals surface area contributed by atoms with Crippen molar-refractivity contribution < 1.29 is 0 Å². The van der Waals surface area contributed by atoms with Gasteiger partial charge in [0.15, 0.2) is 0 Å². The van der Waals surface area contributed by atoms with Crippen molar-refractivity contribution in [2.75, 3.05) is 13.1 Å². The summed E-state index contributed by atoms with van der Waals surface area (Å²) in [5.41, 5.74) is 6.12. The van der Waals surface area contributed by atoms with E-state index in [0.29, 0.717) is 0 Å². The molecule has 2 nitrogen and oxygen atoms in total. The van der Waals surface area contributed by atoms with Crippen LogP contribution in [0.2, 0.25) is 0 Å². The summed E-state index contributed by atoms with van der Waals surface area (Å²) >= 11 is 0. The van der Waals surface area contributed by atoms with Crippen LogP contribution in [0.15, 0.2) is 47.6 Å². The third-order valence-corrected chi connectivity index (χ3v) is 5.67. The minimum absolute atomic E-state index is 0.980. The number of hydrogen-bond acceptors (Lipinski definition) is 2. The summed E-state index contributed by atoms with van der Waals surface area (Å²) in [6.45, 7) is 4.16. The summed E-state index contributed by atoms with van der Waals surface area (Å²) in [5.74, 6) is 0. The zero-order chi connectivity index (χ0) is 17.9. The average Bonchev–Trinajstić information content (AvgIpc) is 2.71. The third-order valence-electron chi connectivity index (χ3n) is 5.67. The molecule has 0 aliphatic heterocycles. The van der Waals surface area contributed by atoms with Gasteiger partial charge in [-0.3, -0.25) is 0 Å². The minimum Gasteiger partial charge on any atom is -0.312 e. The molecule has 142 valence electrons. The molecule has 0 spiro atoms. The monoisotopic (exact) mass is 352 g/mol. The average molecular weight is 353 g/mol. The highest BCUT2D eigenvalue weighted by molar-refractivity contribution is 5.23. The van der Waals surface area contributed by atoms with E-state index in [9.17, 15) is 0 Å². The van der Waals surface area contributed by atoms with Crippen LogP contribution in [0, 0.1) is 0 Å². The number of rotatable bonds is 10. The van der Waals surface area contributed by atoms with Gasteiger partial charge in [0.05, 0.1) is 0 Å². The molecule has 2 aliphatic rings. The van der Waals surface area contributed by atoms with Crippen LogP contribution in [-0.2, 0) is 13.1 Å². The van der Waals surface area contributed by atoms with Crippen molar-refractivity contribution in [2.24, 2.45) is 0 Å². The summed E-state index contributed by atoms with van der Waals surface area (Å²) in [6.07, 6.45) is 18.1. The summed E-state index contributed by atoms with van der Waals surface area (Å²) in [5, 5.41) is 7.24. The van der Waals surface area contributed by atoms with E-state index in [-0.39, 0.29) is 0 Å². The van der Waals surface area contributed by atoms with Crippen LogP contribution >= 0.6 is 0 Å². The van der Waals surface area contributed by atoms with Gasteiger partial charge in [0, 0.05) is 13.1 Å². The SMILES string of the molecule is C1=C(CCNCc2cccc(CNCCC3=CCCCC3)c2)CCCC1. The highest BCUT2D eigenvalue weighted by Gasteiger charge is 2.04. The second kappa shape index (κ2) is 11.4. The molecule has 0 saturated carbocycles. The highest BCUT2D eigenvalue weighted by atomic mass is 14.9. The molecule has 0 atom stereocenters. The Bertz CT molecular complexity index is 551. The molecule has 3 rings (SSSR count). The van der Waals surface area contributed by atoms with Gasteiger partial charge in [0.2, 0.25) is 0 Å². The maximum Gasteiger partial charge on any atom is 0.0205 e. The van der Waals surface area contributed by atoms with Crippen molar-refractivity contribution in [1.29, 1.82) is 0 Å². The summed E-state index contributed by atoms with van der Waals surface area (Å²) in [6, 6.07) is 9.02. The molecular formula is C24H36N2. The van der Waals surface area contributed by atoms with Crippen molar-refractivity contribution >= 4 is 0 Å². The molecular weight excluding hydrogens is 316 g/mol. The van der Waals surface area contributed by atoms with E-state index < -0.39 is 0 Å². The topological polar surface area (TPSA) is 24.1 Å². The Morgan fingerprint density at radius 3 is 1.69 bits per heavy atom. The number of hydrogen-bond donors (Lipinski definition) is 2. The zero-order valence-electron chi connectivity index (χ0n) is 16.4. The van der Waals surface area contributed by atoms with E-state index in [0.717, 1.165) is 26.2 Å². The van der Waals surface area contributed by atoms with Crippen LogP contribution in [0.1, 0.15) is 75.3 Å². The first-order valence-electron chi connectivity index (χ1n) is 10.8. The molecule has 0 saturated heterocycles. The van der Waals surface area contributed by atoms with E-state index >= 15 is 0 Å². The van der Waals surface area contributed by atoms with Crippen molar-refractivity contribution in [2.45, 2.75) is 77.3 Å². The smallest absolute Gasteiger partial charge is 0.0205 e. The van der Waals surface area contributed by atoms with Crippen LogP contribution in [0.4, 0.5) is 0 Å². The van der Waals surface area contributed by atoms with Crippen molar-refractivity contribution in [3.05, 3.63) is 58.7 Å². The Morgan fingerprint density at radius 1 is 0.692 bits per heavy atom. The van der Waals surface area contributed by atoms with Gasteiger partial charge < -0.3 is 10.6 Å². The fraction of sp³-hybridized carbons (Fsp3) is 0.583. The zero-order valence-corrected chi connectivity index (χ0v) is 16.4. The molecule has 2 N–H and O–H groups in total. The van der Waals surface area contributed by atoms with Crippen molar-refractivity contribution in [3.63, 3.8) is 0 Å². The summed E-state index contributed by atoms with van der Waals surface area (Å²) in [7, 11) is 0. The van der Waals surface area contributed by atoms with Crippen LogP contribution in [0.3, 0.4) is 0 Å². The lowest BCUT2D eigenvalue weighted by Crippen LogP contribution is -2.17. The maximum absolute atomic E-state index is 3.62. The lowest BCUT2D eigenvalue weighted by atomic mass is 9.97. The van der Waals surface area contributed by atoms with Crippen LogP contribution in [-0.4, -0.2) is 13.1 Å². The largest absolute Gasteiger partial charge is 0.312 e. The van der Waals surface area contributed by atoms with Gasteiger partial charge in [-0.1, -0.05) is 47.6 Å². The van der Waals surface area contributed by atoms with E-state index in [1.165, 1.54) is 75.3 Å². The Hall–Kier alpha value is -1.38. The predicted molar refractivity (Wildman–Crippen MR) is 112 cm³/mol. The van der Waals surface area contributed by atoms with Crippen LogP contribution in [0.25, 0.3) is 0 Å². The lowest BCUT2D eigenvalue weighted by molar-refractivity contribution is 0.628. The molecule has 0 aromatic heterocycles. The Labute approximate surface area is 160 Å². The number of nitrogens with one attached hydrogen (secondary N) is 2. The van der Waals surface area contributed by atoms with E-state index in [1.54, 1.807) is 11.1 Å². The fourth-order valence-electron chi connectivity index (χ4n) is 4.08. The molecule has 2 aliphatic carbocycles. The molecule has 1 aromatic carbocycles. The van der Waals surface area contributed by atoms with Crippen LogP contribution < -0.4 is 10.6 Å². The first kappa shape index (κ1) is 19.4. The molecule has 26 heavy (non-hydrogen) atoms. The quantitative estimate of drug-likeness (QED) is 0.420. The summed E-state index contributed by atoms with van der Waals surface area (Å²) < 4.78 is 0. The summed E-state index contributed by atoms with van der Waals surface area (Å²) in [4.78, 5) is 0. The van der Waals surface area contributed by atoms with Gasteiger partial charge in [-0.15, -0.1) is 0 Å². The van der Waals surface area contributed by atoms with E-state index in [2.05, 4.69) is 47.1 Å². The lowest BCUT2D eigenvalue weighted by Gasteiger charge is -2.14. The van der Waals surface area contributed by atoms with Gasteiger partial charge in [0.25, 0.3) is 0 Å². The van der Waals surface area contributed by atoms with Crippen molar-refractivity contribution in [1.82, 2.24) is 10.6 Å². The molecule has 0 unspecified atom stereocenters. The third kappa shape index (κ3) is 7.09. The normalized spacial score (nSPS) is 17.7. The minimum atomic E-state index is 0.980. The number of benzene rings is 1. The predicted octanol–water partition coefficient (Wildman–Crippen LogP) is 5.65. The first-order chi connectivity index (χ1) is 12.9. The fourth-order valence-corrected chi connectivity index (χ4v) is 4.08. The second-order valence-electron chi connectivity index (χ2n) is 7.89. The Balaban J connectivity index is 1.32. The first-order valence-corrected chi connectivity index (χ1v) is 10.8. The molecule has 0 radical (unpaired) electrons. The molecule has 2 heteroatoms. The second-order valence-corrected chi connectivity index (χ2v) is 7.89. The molecule has 1 aromatic rings. The molecule has 0 amide bonds. The van der Waals surface area contributed by atoms with Gasteiger partial charge in [-0.2, -0.15) is 0 Å². The van der Waals surface area contributed by atoms with Gasteiger partial charge in [-0.25, -0.2) is 0 Å². The van der Waals surface area contributed by atoms with Gasteiger partial charge in [-0.05, 0) is 88.4 Å². The van der Waals surface area contributed by atoms with Crippen LogP contribution in [0.5, 0.6) is 0 Å². The molecule has 0 fully saturated rings.